The van der Waals surface area contributed by atoms with Gasteiger partial charge >= 0.3 is 0 Å². The van der Waals surface area contributed by atoms with E-state index in [2.05, 4.69) is 16.0 Å². The van der Waals surface area contributed by atoms with Gasteiger partial charge in [-0.05, 0) is 36.6 Å². The van der Waals surface area contributed by atoms with Crippen LogP contribution in [0.15, 0.2) is 59.5 Å². The average Bonchev–Trinajstić information content (AvgIpc) is 3.61. The Hall–Kier alpha value is -3.24. The van der Waals surface area contributed by atoms with E-state index in [1.54, 1.807) is 0 Å². The first-order valence-electron chi connectivity index (χ1n) is 10.6. The Labute approximate surface area is 193 Å². The molecule has 3 amide bonds. The number of carbonyl (C=O) groups excluding carboxylic acids is 3. The molecule has 0 radical (unpaired) electrons. The Kier molecular flexibility index (Phi) is 7.83. The first-order chi connectivity index (χ1) is 15.7. The second-order valence-electron chi connectivity index (χ2n) is 8.09. The van der Waals surface area contributed by atoms with Crippen molar-refractivity contribution in [1.82, 2.24) is 20.3 Å². The van der Waals surface area contributed by atoms with Crippen molar-refractivity contribution in [3.63, 3.8) is 0 Å². The number of nitrogens with zero attached hydrogens (tertiary/aromatic N) is 1. The second-order valence-corrected chi connectivity index (χ2v) is 10.2. The fraction of sp³-hybridized carbons (Fsp3) is 0.348. The molecule has 33 heavy (non-hydrogen) atoms. The van der Waals surface area contributed by atoms with Crippen LogP contribution in [0, 0.1) is 0 Å². The number of carbonyl (C=O) groups is 3. The van der Waals surface area contributed by atoms with Crippen LogP contribution in [-0.2, 0) is 26.0 Å². The van der Waals surface area contributed by atoms with Crippen LogP contribution in [0.2, 0.25) is 0 Å². The van der Waals surface area contributed by atoms with Crippen molar-refractivity contribution in [2.75, 3.05) is 20.6 Å². The Morgan fingerprint density at radius 3 is 2.36 bits per heavy atom. The van der Waals surface area contributed by atoms with Gasteiger partial charge in [-0.2, -0.15) is 0 Å². The largest absolute Gasteiger partial charge is 0.352 e. The maximum Gasteiger partial charge on any atom is 0.251 e. The molecule has 0 bridgehead atoms. The van der Waals surface area contributed by atoms with Gasteiger partial charge in [-0.25, -0.2) is 12.7 Å². The summed E-state index contributed by atoms with van der Waals surface area (Å²) in [5, 5.41) is 8.06. The first kappa shape index (κ1) is 24.4. The lowest BCUT2D eigenvalue weighted by molar-refractivity contribution is -0.128. The molecular weight excluding hydrogens is 444 g/mol. The number of amides is 3. The molecule has 9 nitrogen and oxygen atoms in total. The molecule has 0 aliphatic heterocycles. The molecule has 1 atom stereocenters. The van der Waals surface area contributed by atoms with Gasteiger partial charge in [0.1, 0.15) is 6.04 Å². The van der Waals surface area contributed by atoms with Crippen molar-refractivity contribution in [3.05, 3.63) is 65.7 Å². The maximum atomic E-state index is 12.6. The zero-order chi connectivity index (χ0) is 24.0. The van der Waals surface area contributed by atoms with E-state index in [4.69, 9.17) is 0 Å². The highest BCUT2D eigenvalue weighted by molar-refractivity contribution is 7.89. The molecule has 1 aliphatic carbocycles. The topological polar surface area (TPSA) is 125 Å². The van der Waals surface area contributed by atoms with E-state index >= 15 is 0 Å². The summed E-state index contributed by atoms with van der Waals surface area (Å²) in [6.45, 7) is -0.356. The summed E-state index contributed by atoms with van der Waals surface area (Å²) >= 11 is 0. The number of nitrogens with one attached hydrogen (secondary N) is 3. The van der Waals surface area contributed by atoms with Gasteiger partial charge in [0.15, 0.2) is 0 Å². The van der Waals surface area contributed by atoms with E-state index in [1.807, 2.05) is 30.3 Å². The standard InChI is InChI=1S/C23H28N4O5S/c1-27(2)33(31,32)19-10-6-9-17(14-19)22(29)24-15-21(28)26-20(23(30)25-18-11-12-18)13-16-7-4-3-5-8-16/h3-10,14,18,20H,11-13,15H2,1-2H3,(H,24,29)(H,25,30)(H,26,28). The van der Waals surface area contributed by atoms with Crippen LogP contribution in [0.1, 0.15) is 28.8 Å². The summed E-state index contributed by atoms with van der Waals surface area (Å²) in [5.74, 6) is -1.38. The van der Waals surface area contributed by atoms with Gasteiger partial charge in [0.05, 0.1) is 11.4 Å². The molecule has 0 saturated heterocycles. The molecule has 0 aromatic heterocycles. The van der Waals surface area contributed by atoms with Crippen LogP contribution >= 0.6 is 0 Å². The van der Waals surface area contributed by atoms with Crippen LogP contribution in [0.25, 0.3) is 0 Å². The molecule has 3 N–H and O–H groups in total. The van der Waals surface area contributed by atoms with Gasteiger partial charge < -0.3 is 16.0 Å². The molecule has 1 aliphatic rings. The molecule has 3 rings (SSSR count). The zero-order valence-corrected chi connectivity index (χ0v) is 19.4. The van der Waals surface area contributed by atoms with Gasteiger partial charge in [0, 0.05) is 32.1 Å². The molecule has 2 aromatic carbocycles. The fourth-order valence-corrected chi connectivity index (χ4v) is 4.05. The SMILES string of the molecule is CN(C)S(=O)(=O)c1cccc(C(=O)NCC(=O)NC(Cc2ccccc2)C(=O)NC2CC2)c1. The minimum absolute atomic E-state index is 0.0238. The van der Waals surface area contributed by atoms with Crippen molar-refractivity contribution < 1.29 is 22.8 Å². The summed E-state index contributed by atoms with van der Waals surface area (Å²) in [6.07, 6.45) is 2.18. The van der Waals surface area contributed by atoms with Crippen LogP contribution in [0.4, 0.5) is 0 Å². The number of rotatable bonds is 10. The van der Waals surface area contributed by atoms with E-state index in [9.17, 15) is 22.8 Å². The summed E-state index contributed by atoms with van der Waals surface area (Å²) in [4.78, 5) is 37.6. The summed E-state index contributed by atoms with van der Waals surface area (Å²) in [5.41, 5.74) is 1.01. The molecule has 0 spiro atoms. The lowest BCUT2D eigenvalue weighted by Gasteiger charge is -2.19. The van der Waals surface area contributed by atoms with Gasteiger partial charge in [-0.1, -0.05) is 36.4 Å². The van der Waals surface area contributed by atoms with Crippen LogP contribution in [0.3, 0.4) is 0 Å². The smallest absolute Gasteiger partial charge is 0.251 e. The van der Waals surface area contributed by atoms with E-state index < -0.39 is 27.9 Å². The normalized spacial score (nSPS) is 14.4. The van der Waals surface area contributed by atoms with Crippen molar-refractivity contribution in [1.29, 1.82) is 0 Å². The molecule has 0 heterocycles. The predicted octanol–water partition coefficient (Wildman–Crippen LogP) is 0.673. The Bertz CT molecular complexity index is 1110. The maximum absolute atomic E-state index is 12.6. The number of sulfonamides is 1. The third kappa shape index (κ3) is 6.87. The monoisotopic (exact) mass is 472 g/mol. The molecular formula is C23H28N4O5S. The fourth-order valence-electron chi connectivity index (χ4n) is 3.11. The average molecular weight is 473 g/mol. The first-order valence-corrected chi connectivity index (χ1v) is 12.1. The van der Waals surface area contributed by atoms with Crippen molar-refractivity contribution in [2.45, 2.75) is 36.2 Å². The highest BCUT2D eigenvalue weighted by atomic mass is 32.2. The second kappa shape index (κ2) is 10.6. The number of benzene rings is 2. The third-order valence-electron chi connectivity index (χ3n) is 5.14. The van der Waals surface area contributed by atoms with Crippen molar-refractivity contribution in [2.24, 2.45) is 0 Å². The Balaban J connectivity index is 1.61. The van der Waals surface area contributed by atoms with Gasteiger partial charge in [-0.3, -0.25) is 14.4 Å². The molecule has 2 aromatic rings. The highest BCUT2D eigenvalue weighted by Gasteiger charge is 2.28. The molecule has 10 heteroatoms. The Morgan fingerprint density at radius 2 is 1.73 bits per heavy atom. The lowest BCUT2D eigenvalue weighted by atomic mass is 10.1. The molecule has 1 fully saturated rings. The van der Waals surface area contributed by atoms with E-state index in [0.717, 1.165) is 22.7 Å². The molecule has 1 unspecified atom stereocenters. The number of hydrogen-bond donors (Lipinski definition) is 3. The summed E-state index contributed by atoms with van der Waals surface area (Å²) in [6, 6.07) is 14.3. The molecule has 176 valence electrons. The molecule has 1 saturated carbocycles. The highest BCUT2D eigenvalue weighted by Crippen LogP contribution is 2.19. The van der Waals surface area contributed by atoms with Crippen molar-refractivity contribution >= 4 is 27.7 Å². The minimum atomic E-state index is -3.69. The van der Waals surface area contributed by atoms with E-state index in [0.29, 0.717) is 6.42 Å². The summed E-state index contributed by atoms with van der Waals surface area (Å²) < 4.78 is 25.6. The third-order valence-corrected chi connectivity index (χ3v) is 6.95. The van der Waals surface area contributed by atoms with Crippen LogP contribution < -0.4 is 16.0 Å². The van der Waals surface area contributed by atoms with Gasteiger partial charge in [0.2, 0.25) is 21.8 Å². The van der Waals surface area contributed by atoms with E-state index in [1.165, 1.54) is 38.4 Å². The quantitative estimate of drug-likeness (QED) is 0.469. The zero-order valence-electron chi connectivity index (χ0n) is 18.6. The van der Waals surface area contributed by atoms with Crippen LogP contribution in [0.5, 0.6) is 0 Å². The Morgan fingerprint density at radius 1 is 1.03 bits per heavy atom. The minimum Gasteiger partial charge on any atom is -0.352 e. The van der Waals surface area contributed by atoms with Crippen LogP contribution in [-0.4, -0.2) is 63.2 Å². The predicted molar refractivity (Wildman–Crippen MR) is 123 cm³/mol. The summed E-state index contributed by atoms with van der Waals surface area (Å²) in [7, 11) is -0.894. The van der Waals surface area contributed by atoms with E-state index in [-0.39, 0.29) is 29.0 Å². The number of hydrogen-bond acceptors (Lipinski definition) is 5. The van der Waals surface area contributed by atoms with Gasteiger partial charge in [-0.15, -0.1) is 0 Å². The van der Waals surface area contributed by atoms with Gasteiger partial charge in [0.25, 0.3) is 5.91 Å². The lowest BCUT2D eigenvalue weighted by Crippen LogP contribution is -2.51. The van der Waals surface area contributed by atoms with Crippen molar-refractivity contribution in [3.8, 4) is 0 Å².